The summed E-state index contributed by atoms with van der Waals surface area (Å²) in [4.78, 5) is 26.2. The van der Waals surface area contributed by atoms with E-state index in [-0.39, 0.29) is 11.6 Å². The summed E-state index contributed by atoms with van der Waals surface area (Å²) in [6.45, 7) is 6.14. The molecule has 154 valence electrons. The van der Waals surface area contributed by atoms with Gasteiger partial charge in [-0.1, -0.05) is 0 Å². The first-order chi connectivity index (χ1) is 14.5. The van der Waals surface area contributed by atoms with Crippen LogP contribution < -0.4 is 15.8 Å². The lowest BCUT2D eigenvalue weighted by Gasteiger charge is -2.34. The van der Waals surface area contributed by atoms with Gasteiger partial charge >= 0.3 is 0 Å². The molecule has 2 aromatic heterocycles. The van der Waals surface area contributed by atoms with Crippen LogP contribution in [0.25, 0.3) is 11.0 Å². The molecule has 1 N–H and O–H groups in total. The Balaban J connectivity index is 1.57. The number of nitrogens with one attached hydrogen (secondary N) is 1. The predicted octanol–water partition coefficient (Wildman–Crippen LogP) is 2.87. The number of anilines is 3. The van der Waals surface area contributed by atoms with Crippen LogP contribution in [0.4, 0.5) is 17.3 Å². The molecular weight excluding hydrogens is 376 g/mol. The van der Waals surface area contributed by atoms with E-state index < -0.39 is 0 Å². The number of likely N-dealkylation sites (N-methyl/N-ethyl adjacent to an activating group) is 1. The molecule has 4 rings (SSSR count). The topological polar surface area (TPSA) is 66.3 Å². The van der Waals surface area contributed by atoms with Crippen molar-refractivity contribution in [1.82, 2.24) is 19.4 Å². The second kappa shape index (κ2) is 8.56. The molecule has 0 bridgehead atoms. The zero-order valence-electron chi connectivity index (χ0n) is 17.4. The molecule has 1 fully saturated rings. The number of hydrogen-bond acceptors (Lipinski definition) is 6. The Morgan fingerprint density at radius 2 is 1.87 bits per heavy atom. The van der Waals surface area contributed by atoms with Crippen molar-refractivity contribution >= 4 is 28.4 Å². The lowest BCUT2D eigenvalue weighted by molar-refractivity contribution is 0.313. The van der Waals surface area contributed by atoms with Gasteiger partial charge in [0.1, 0.15) is 5.65 Å². The fraction of sp³-hybridized carbons (Fsp3) is 0.348. The van der Waals surface area contributed by atoms with E-state index in [0.717, 1.165) is 37.3 Å². The first-order valence-electron chi connectivity index (χ1n) is 10.2. The number of benzene rings is 1. The van der Waals surface area contributed by atoms with E-state index in [2.05, 4.69) is 50.2 Å². The van der Waals surface area contributed by atoms with Crippen LogP contribution in [0.2, 0.25) is 0 Å². The van der Waals surface area contributed by atoms with Gasteiger partial charge in [-0.3, -0.25) is 9.36 Å². The second-order valence-corrected chi connectivity index (χ2v) is 7.73. The summed E-state index contributed by atoms with van der Waals surface area (Å²) in [6, 6.07) is 11.4. The van der Waals surface area contributed by atoms with Crippen molar-refractivity contribution < 1.29 is 0 Å². The molecule has 0 saturated carbocycles. The highest BCUT2D eigenvalue weighted by atomic mass is 16.1. The highest BCUT2D eigenvalue weighted by Gasteiger charge is 2.15. The van der Waals surface area contributed by atoms with Gasteiger partial charge in [-0.25, -0.2) is 4.98 Å². The number of nitrogens with zero attached hydrogens (tertiary/aromatic N) is 5. The minimum Gasteiger partial charge on any atom is -0.369 e. The van der Waals surface area contributed by atoms with Gasteiger partial charge in [-0.2, -0.15) is 4.98 Å². The lowest BCUT2D eigenvalue weighted by Crippen LogP contribution is -2.44. The molecule has 0 amide bonds. The highest BCUT2D eigenvalue weighted by molar-refractivity contribution is 5.76. The van der Waals surface area contributed by atoms with E-state index in [1.54, 1.807) is 16.8 Å². The van der Waals surface area contributed by atoms with Gasteiger partial charge in [0.25, 0.3) is 5.56 Å². The molecule has 1 unspecified atom stereocenters. The van der Waals surface area contributed by atoms with Gasteiger partial charge in [-0.15, -0.1) is 12.3 Å². The van der Waals surface area contributed by atoms with Gasteiger partial charge < -0.3 is 15.1 Å². The van der Waals surface area contributed by atoms with Crippen molar-refractivity contribution in [2.45, 2.75) is 19.4 Å². The molecule has 3 heterocycles. The number of rotatable bonds is 5. The first-order valence-corrected chi connectivity index (χ1v) is 10.2. The van der Waals surface area contributed by atoms with E-state index in [4.69, 9.17) is 6.42 Å². The summed E-state index contributed by atoms with van der Waals surface area (Å²) in [5.74, 6) is 3.07. The summed E-state index contributed by atoms with van der Waals surface area (Å²) in [5.41, 5.74) is 2.57. The molecule has 7 heteroatoms. The van der Waals surface area contributed by atoms with Gasteiger partial charge in [-0.05, 0) is 44.3 Å². The van der Waals surface area contributed by atoms with Crippen LogP contribution in [0.3, 0.4) is 0 Å². The van der Waals surface area contributed by atoms with Crippen molar-refractivity contribution in [2.75, 3.05) is 43.4 Å². The fourth-order valence-corrected chi connectivity index (χ4v) is 3.74. The van der Waals surface area contributed by atoms with E-state index in [0.29, 0.717) is 18.0 Å². The number of hydrogen-bond donors (Lipinski definition) is 1. The minimum atomic E-state index is -0.142. The third-order valence-electron chi connectivity index (χ3n) is 5.51. The average Bonchev–Trinajstić information content (AvgIpc) is 2.75. The van der Waals surface area contributed by atoms with Crippen molar-refractivity contribution in [3.63, 3.8) is 0 Å². The Labute approximate surface area is 176 Å². The second-order valence-electron chi connectivity index (χ2n) is 7.73. The monoisotopic (exact) mass is 402 g/mol. The number of pyridine rings is 1. The lowest BCUT2D eigenvalue weighted by atomic mass is 10.2. The standard InChI is InChI=1S/C23H26N6O/c1-4-5-17(2)29-21(30)11-6-18-16-24-23(26-22(18)29)25-19-7-9-20(10-8-19)28-14-12-27(3)13-15-28/h1,6-11,16-17H,5,12-15H2,2-3H3,(H,24,25,26). The minimum absolute atomic E-state index is 0.119. The summed E-state index contributed by atoms with van der Waals surface area (Å²) in [6.07, 6.45) is 7.63. The molecule has 0 aliphatic carbocycles. The maximum Gasteiger partial charge on any atom is 0.252 e. The van der Waals surface area contributed by atoms with Crippen molar-refractivity contribution in [3.05, 3.63) is 52.9 Å². The SMILES string of the molecule is C#CCC(C)n1c(=O)ccc2cnc(Nc3ccc(N4CCN(C)CC4)cc3)nc21. The van der Waals surface area contributed by atoms with Crippen LogP contribution in [0.15, 0.2) is 47.4 Å². The molecule has 1 atom stereocenters. The van der Waals surface area contributed by atoms with Crippen molar-refractivity contribution in [1.29, 1.82) is 0 Å². The van der Waals surface area contributed by atoms with E-state index in [1.165, 1.54) is 11.8 Å². The normalized spacial score (nSPS) is 15.7. The summed E-state index contributed by atoms with van der Waals surface area (Å²) < 4.78 is 1.64. The van der Waals surface area contributed by atoms with E-state index in [9.17, 15) is 4.79 Å². The Hall–Kier alpha value is -3.37. The quantitative estimate of drug-likeness (QED) is 0.662. The zero-order chi connectivity index (χ0) is 21.1. The summed E-state index contributed by atoms with van der Waals surface area (Å²) in [7, 11) is 2.15. The highest BCUT2D eigenvalue weighted by Crippen LogP contribution is 2.22. The van der Waals surface area contributed by atoms with Crippen molar-refractivity contribution in [2.24, 2.45) is 0 Å². The molecule has 30 heavy (non-hydrogen) atoms. The van der Waals surface area contributed by atoms with Gasteiger partial charge in [0.2, 0.25) is 5.95 Å². The maximum atomic E-state index is 12.4. The van der Waals surface area contributed by atoms with Crippen molar-refractivity contribution in [3.8, 4) is 12.3 Å². The van der Waals surface area contributed by atoms with Crippen LogP contribution in [0.1, 0.15) is 19.4 Å². The molecule has 0 spiro atoms. The molecule has 1 aromatic carbocycles. The van der Waals surface area contributed by atoms with Crippen LogP contribution in [-0.2, 0) is 0 Å². The van der Waals surface area contributed by atoms with Crippen LogP contribution >= 0.6 is 0 Å². The molecule has 1 saturated heterocycles. The smallest absolute Gasteiger partial charge is 0.252 e. The Morgan fingerprint density at radius 1 is 1.13 bits per heavy atom. The Morgan fingerprint density at radius 3 is 2.57 bits per heavy atom. The summed E-state index contributed by atoms with van der Waals surface area (Å²) >= 11 is 0. The van der Waals surface area contributed by atoms with Gasteiger partial charge in [0.15, 0.2) is 0 Å². The third-order valence-corrected chi connectivity index (χ3v) is 5.51. The maximum absolute atomic E-state index is 12.4. The fourth-order valence-electron chi connectivity index (χ4n) is 3.74. The Kier molecular flexibility index (Phi) is 5.68. The molecular formula is C23H26N6O. The number of terminal acetylenes is 1. The summed E-state index contributed by atoms with van der Waals surface area (Å²) in [5, 5.41) is 4.05. The van der Waals surface area contributed by atoms with Crippen LogP contribution in [0.5, 0.6) is 0 Å². The molecule has 7 nitrogen and oxygen atoms in total. The largest absolute Gasteiger partial charge is 0.369 e. The Bertz CT molecular complexity index is 1120. The first kappa shape index (κ1) is 19.9. The molecule has 0 radical (unpaired) electrons. The van der Waals surface area contributed by atoms with E-state index >= 15 is 0 Å². The predicted molar refractivity (Wildman–Crippen MR) is 121 cm³/mol. The molecule has 3 aromatic rings. The molecule has 1 aliphatic rings. The zero-order valence-corrected chi connectivity index (χ0v) is 17.4. The number of piperazine rings is 1. The number of aromatic nitrogens is 3. The van der Waals surface area contributed by atoms with Crippen LogP contribution in [-0.4, -0.2) is 52.7 Å². The van der Waals surface area contributed by atoms with E-state index in [1.807, 2.05) is 19.1 Å². The molecule has 1 aliphatic heterocycles. The number of fused-ring (bicyclic) bond motifs is 1. The average molecular weight is 403 g/mol. The van der Waals surface area contributed by atoms with Crippen LogP contribution in [0, 0.1) is 12.3 Å². The third kappa shape index (κ3) is 4.14. The van der Waals surface area contributed by atoms with Gasteiger partial charge in [0, 0.05) is 67.7 Å². The van der Waals surface area contributed by atoms with Gasteiger partial charge in [0.05, 0.1) is 0 Å².